The maximum atomic E-state index is 11.9. The molecule has 1 saturated heterocycles. The number of H-pyrrole nitrogens is 1. The summed E-state index contributed by atoms with van der Waals surface area (Å²) < 4.78 is 0. The van der Waals surface area contributed by atoms with E-state index in [1.165, 1.54) is 28.8 Å². The molecule has 4 rings (SSSR count). The minimum atomic E-state index is -0.367. The van der Waals surface area contributed by atoms with Crippen molar-refractivity contribution in [2.24, 2.45) is 17.4 Å². The Kier molecular flexibility index (Phi) is 3.76. The van der Waals surface area contributed by atoms with Gasteiger partial charge in [0, 0.05) is 35.9 Å². The molecule has 2 aliphatic rings. The lowest BCUT2D eigenvalue weighted by Gasteiger charge is -2.33. The maximum absolute atomic E-state index is 11.9. The number of amides is 1. The highest BCUT2D eigenvalue weighted by Crippen LogP contribution is 2.39. The first-order valence-electron chi connectivity index (χ1n) is 9.01. The van der Waals surface area contributed by atoms with Crippen LogP contribution in [0.15, 0.2) is 12.1 Å². The molecule has 2 atom stereocenters. The van der Waals surface area contributed by atoms with E-state index in [1.807, 2.05) is 6.07 Å². The minimum absolute atomic E-state index is 0.222. The number of rotatable bonds is 2. The summed E-state index contributed by atoms with van der Waals surface area (Å²) in [6, 6.07) is 4.15. The summed E-state index contributed by atoms with van der Waals surface area (Å²) in [5, 5.41) is 1.20. The molecule has 2 aromatic rings. The fourth-order valence-corrected chi connectivity index (χ4v) is 4.39. The standard InChI is InChI=1S/C19H26N4O/c1-11-4-5-13-15(9-11)22-18-14(19(21)24)6-7-16(17(13)18)23-8-2-3-12(20)10-23/h6-7,11-12,22H,2-5,8-10,20H2,1H3,(H2,21,24). The highest BCUT2D eigenvalue weighted by atomic mass is 16.1. The number of nitrogens with two attached hydrogens (primary N) is 2. The number of hydrogen-bond donors (Lipinski definition) is 3. The van der Waals surface area contributed by atoms with Crippen LogP contribution >= 0.6 is 0 Å². The van der Waals surface area contributed by atoms with E-state index in [2.05, 4.69) is 22.9 Å². The van der Waals surface area contributed by atoms with E-state index in [0.717, 1.165) is 44.3 Å². The molecule has 5 heteroatoms. The number of nitrogens with zero attached hydrogens (tertiary/aromatic N) is 1. The van der Waals surface area contributed by atoms with E-state index in [1.54, 1.807) is 0 Å². The monoisotopic (exact) mass is 326 g/mol. The molecule has 0 radical (unpaired) electrons. The van der Waals surface area contributed by atoms with Gasteiger partial charge in [0.1, 0.15) is 0 Å². The number of fused-ring (bicyclic) bond motifs is 3. The van der Waals surface area contributed by atoms with Gasteiger partial charge < -0.3 is 21.4 Å². The molecule has 1 aromatic heterocycles. The van der Waals surface area contributed by atoms with Crippen molar-refractivity contribution >= 4 is 22.5 Å². The number of aromatic amines is 1. The van der Waals surface area contributed by atoms with E-state index in [4.69, 9.17) is 11.5 Å². The first-order valence-corrected chi connectivity index (χ1v) is 9.01. The highest BCUT2D eigenvalue weighted by molar-refractivity contribution is 6.10. The van der Waals surface area contributed by atoms with Crippen LogP contribution in [-0.2, 0) is 12.8 Å². The number of carbonyl (C=O) groups excluding carboxylic acids is 1. The van der Waals surface area contributed by atoms with Crippen LogP contribution in [0.2, 0.25) is 0 Å². The number of nitrogens with one attached hydrogen (secondary N) is 1. The van der Waals surface area contributed by atoms with Crippen LogP contribution < -0.4 is 16.4 Å². The first kappa shape index (κ1) is 15.5. The van der Waals surface area contributed by atoms with Gasteiger partial charge in [-0.25, -0.2) is 0 Å². The van der Waals surface area contributed by atoms with Crippen molar-refractivity contribution in [2.45, 2.75) is 45.1 Å². The third-order valence-electron chi connectivity index (χ3n) is 5.63. The number of hydrogen-bond acceptors (Lipinski definition) is 3. The van der Waals surface area contributed by atoms with Crippen LogP contribution in [0.5, 0.6) is 0 Å². The number of aromatic nitrogens is 1. The van der Waals surface area contributed by atoms with Gasteiger partial charge in [-0.3, -0.25) is 4.79 Å². The van der Waals surface area contributed by atoms with E-state index >= 15 is 0 Å². The van der Waals surface area contributed by atoms with Crippen molar-refractivity contribution in [1.82, 2.24) is 4.98 Å². The van der Waals surface area contributed by atoms with Crippen molar-refractivity contribution in [3.05, 3.63) is 29.0 Å². The average Bonchev–Trinajstić information content (AvgIpc) is 2.91. The Morgan fingerprint density at radius 3 is 2.92 bits per heavy atom. The number of primary amides is 1. The zero-order valence-corrected chi connectivity index (χ0v) is 14.3. The third-order valence-corrected chi connectivity index (χ3v) is 5.63. The molecule has 5 nitrogen and oxygen atoms in total. The summed E-state index contributed by atoms with van der Waals surface area (Å²) >= 11 is 0. The molecule has 1 amide bonds. The number of aryl methyl sites for hydroxylation is 1. The highest BCUT2D eigenvalue weighted by Gasteiger charge is 2.27. The SMILES string of the molecule is CC1CCc2c([nH]c3c(C(N)=O)ccc(N4CCCC(N)C4)c23)C1. The lowest BCUT2D eigenvalue weighted by Crippen LogP contribution is -2.43. The van der Waals surface area contributed by atoms with E-state index < -0.39 is 0 Å². The van der Waals surface area contributed by atoms with Gasteiger partial charge in [0.2, 0.25) is 0 Å². The summed E-state index contributed by atoms with van der Waals surface area (Å²) in [6.07, 6.45) is 5.50. The molecule has 1 aliphatic heterocycles. The van der Waals surface area contributed by atoms with Crippen LogP contribution in [-0.4, -0.2) is 30.0 Å². The molecular weight excluding hydrogens is 300 g/mol. The van der Waals surface area contributed by atoms with E-state index in [9.17, 15) is 4.79 Å². The second-order valence-corrected chi connectivity index (χ2v) is 7.52. The van der Waals surface area contributed by atoms with Gasteiger partial charge in [0.15, 0.2) is 0 Å². The zero-order valence-electron chi connectivity index (χ0n) is 14.3. The van der Waals surface area contributed by atoms with Gasteiger partial charge in [-0.2, -0.15) is 0 Å². The van der Waals surface area contributed by atoms with Crippen molar-refractivity contribution < 1.29 is 4.79 Å². The summed E-state index contributed by atoms with van der Waals surface area (Å²) in [5.41, 5.74) is 17.2. The topological polar surface area (TPSA) is 88.1 Å². The van der Waals surface area contributed by atoms with E-state index in [-0.39, 0.29) is 11.9 Å². The quantitative estimate of drug-likeness (QED) is 0.791. The van der Waals surface area contributed by atoms with Crippen LogP contribution in [0.3, 0.4) is 0 Å². The molecule has 2 heterocycles. The maximum Gasteiger partial charge on any atom is 0.250 e. The molecule has 0 bridgehead atoms. The van der Waals surface area contributed by atoms with Gasteiger partial charge >= 0.3 is 0 Å². The lowest BCUT2D eigenvalue weighted by molar-refractivity contribution is 0.100. The fraction of sp³-hybridized carbons (Fsp3) is 0.526. The Balaban J connectivity index is 1.91. The molecule has 128 valence electrons. The molecule has 0 spiro atoms. The van der Waals surface area contributed by atoms with Crippen LogP contribution in [0.4, 0.5) is 5.69 Å². The van der Waals surface area contributed by atoms with Gasteiger partial charge in [0.05, 0.1) is 11.1 Å². The molecule has 0 saturated carbocycles. The van der Waals surface area contributed by atoms with Crippen LogP contribution in [0, 0.1) is 5.92 Å². The third kappa shape index (κ3) is 2.47. The lowest BCUT2D eigenvalue weighted by atomic mass is 9.87. The predicted molar refractivity (Wildman–Crippen MR) is 97.4 cm³/mol. The molecular formula is C19H26N4O. The number of anilines is 1. The van der Waals surface area contributed by atoms with Crippen molar-refractivity contribution in [3.63, 3.8) is 0 Å². The van der Waals surface area contributed by atoms with Gasteiger partial charge in [-0.15, -0.1) is 0 Å². The largest absolute Gasteiger partial charge is 0.369 e. The van der Waals surface area contributed by atoms with Crippen molar-refractivity contribution in [1.29, 1.82) is 0 Å². The van der Waals surface area contributed by atoms with Crippen molar-refractivity contribution in [2.75, 3.05) is 18.0 Å². The van der Waals surface area contributed by atoms with Crippen molar-refractivity contribution in [3.8, 4) is 0 Å². The zero-order chi connectivity index (χ0) is 16.8. The summed E-state index contributed by atoms with van der Waals surface area (Å²) in [5.74, 6) is 0.308. The summed E-state index contributed by atoms with van der Waals surface area (Å²) in [6.45, 7) is 4.18. The van der Waals surface area contributed by atoms with Crippen LogP contribution in [0.25, 0.3) is 10.9 Å². The second-order valence-electron chi connectivity index (χ2n) is 7.52. The number of benzene rings is 1. The van der Waals surface area contributed by atoms with E-state index in [0.29, 0.717) is 11.5 Å². The Bertz CT molecular complexity index is 794. The number of carbonyl (C=O) groups is 1. The predicted octanol–water partition coefficient (Wildman–Crippen LogP) is 2.32. The first-order chi connectivity index (χ1) is 11.5. The summed E-state index contributed by atoms with van der Waals surface area (Å²) in [7, 11) is 0. The summed E-state index contributed by atoms with van der Waals surface area (Å²) in [4.78, 5) is 17.8. The average molecular weight is 326 g/mol. The fourth-order valence-electron chi connectivity index (χ4n) is 4.39. The molecule has 1 fully saturated rings. The molecule has 2 unspecified atom stereocenters. The second kappa shape index (κ2) is 5.81. The molecule has 24 heavy (non-hydrogen) atoms. The Morgan fingerprint density at radius 2 is 2.17 bits per heavy atom. The Hall–Kier alpha value is -2.01. The molecule has 5 N–H and O–H groups in total. The minimum Gasteiger partial charge on any atom is -0.369 e. The van der Waals surface area contributed by atoms with Gasteiger partial charge in [0.25, 0.3) is 5.91 Å². The van der Waals surface area contributed by atoms with Gasteiger partial charge in [-0.1, -0.05) is 6.92 Å². The van der Waals surface area contributed by atoms with Gasteiger partial charge in [-0.05, 0) is 55.7 Å². The molecule has 1 aliphatic carbocycles. The molecule has 1 aromatic carbocycles. The Labute approximate surface area is 142 Å². The smallest absolute Gasteiger partial charge is 0.250 e. The van der Waals surface area contributed by atoms with Crippen LogP contribution in [0.1, 0.15) is 47.8 Å². The Morgan fingerprint density at radius 1 is 1.33 bits per heavy atom. The number of piperidine rings is 1. The normalized spacial score (nSPS) is 24.2.